The van der Waals surface area contributed by atoms with E-state index in [1.807, 2.05) is 0 Å². The van der Waals surface area contributed by atoms with E-state index in [0.29, 0.717) is 12.8 Å². The molecule has 0 radical (unpaired) electrons. The molecule has 0 aromatic heterocycles. The number of ether oxygens (including phenoxy) is 1. The molecule has 0 saturated heterocycles. The van der Waals surface area contributed by atoms with E-state index in [1.54, 1.807) is 0 Å². The zero-order valence-electron chi connectivity index (χ0n) is 14.8. The van der Waals surface area contributed by atoms with Crippen LogP contribution < -0.4 is 15.8 Å². The van der Waals surface area contributed by atoms with Crippen LogP contribution in [0.1, 0.15) is 28.8 Å². The molecule has 0 aliphatic heterocycles. The maximum atomic E-state index is 12.6. The highest BCUT2D eigenvalue weighted by Gasteiger charge is 2.38. The second kappa shape index (κ2) is 7.75. The number of carbonyl (C=O) groups is 1. The lowest BCUT2D eigenvalue weighted by Gasteiger charge is -2.14. The summed E-state index contributed by atoms with van der Waals surface area (Å²) in [6.45, 7) is -0.204. The monoisotopic (exact) mass is 448 g/mol. The number of benzene rings is 2. The van der Waals surface area contributed by atoms with E-state index in [9.17, 15) is 26.4 Å². The van der Waals surface area contributed by atoms with Gasteiger partial charge in [0.05, 0.1) is 15.7 Å². The zero-order chi connectivity index (χ0) is 21.4. The van der Waals surface area contributed by atoms with Gasteiger partial charge < -0.3 is 15.8 Å². The van der Waals surface area contributed by atoms with Crippen molar-refractivity contribution in [1.29, 1.82) is 0 Å². The van der Waals surface area contributed by atoms with Gasteiger partial charge in [0.15, 0.2) is 9.84 Å². The number of hydrogen-bond acceptors (Lipinski definition) is 5. The molecule has 1 aliphatic carbocycles. The highest BCUT2D eigenvalue weighted by atomic mass is 35.5. The Morgan fingerprint density at radius 1 is 1.21 bits per heavy atom. The molecular weight excluding hydrogens is 433 g/mol. The van der Waals surface area contributed by atoms with Crippen molar-refractivity contribution in [2.24, 2.45) is 0 Å². The van der Waals surface area contributed by atoms with E-state index in [-0.39, 0.29) is 33.3 Å². The number of halogens is 4. The van der Waals surface area contributed by atoms with Gasteiger partial charge in [-0.25, -0.2) is 8.42 Å². The minimum Gasteiger partial charge on any atom is -0.406 e. The van der Waals surface area contributed by atoms with Gasteiger partial charge in [0.1, 0.15) is 5.75 Å². The van der Waals surface area contributed by atoms with Crippen molar-refractivity contribution in [3.8, 4) is 5.75 Å². The Bertz CT molecular complexity index is 1050. The number of nitrogens with two attached hydrogens (primary N) is 1. The number of nitrogen functional groups attached to an aromatic ring is 1. The summed E-state index contributed by atoms with van der Waals surface area (Å²) in [6, 6.07) is 7.19. The van der Waals surface area contributed by atoms with Gasteiger partial charge in [-0.1, -0.05) is 11.6 Å². The normalized spacial score (nSPS) is 14.5. The average molecular weight is 449 g/mol. The summed E-state index contributed by atoms with van der Waals surface area (Å²) in [5.41, 5.74) is 5.66. The van der Waals surface area contributed by atoms with Gasteiger partial charge in [-0.3, -0.25) is 4.79 Å². The maximum absolute atomic E-state index is 12.6. The SMILES string of the molecule is Nc1ccc(OC(F)(F)F)cc1C(=O)NCc1cc(Cl)ccc1S(=O)(=O)C1CC1. The highest BCUT2D eigenvalue weighted by molar-refractivity contribution is 7.92. The molecule has 0 bridgehead atoms. The number of hydrogen-bond donors (Lipinski definition) is 2. The number of nitrogens with one attached hydrogen (secondary N) is 1. The molecule has 2 aromatic carbocycles. The molecule has 0 spiro atoms. The molecule has 0 atom stereocenters. The van der Waals surface area contributed by atoms with Gasteiger partial charge in [0.2, 0.25) is 0 Å². The molecule has 11 heteroatoms. The molecule has 29 heavy (non-hydrogen) atoms. The fourth-order valence-corrected chi connectivity index (χ4v) is 4.79. The number of rotatable bonds is 6. The molecule has 2 aromatic rings. The van der Waals surface area contributed by atoms with Crippen LogP contribution in [0.25, 0.3) is 0 Å². The topological polar surface area (TPSA) is 98.5 Å². The van der Waals surface area contributed by atoms with Crippen molar-refractivity contribution in [3.63, 3.8) is 0 Å². The first kappa shape index (κ1) is 21.3. The van der Waals surface area contributed by atoms with Crippen LogP contribution in [-0.4, -0.2) is 25.9 Å². The van der Waals surface area contributed by atoms with E-state index >= 15 is 0 Å². The molecule has 0 heterocycles. The predicted molar refractivity (Wildman–Crippen MR) is 100 cm³/mol. The summed E-state index contributed by atoms with van der Waals surface area (Å²) in [6.07, 6.45) is -3.78. The third kappa shape index (κ3) is 5.13. The quantitative estimate of drug-likeness (QED) is 0.657. The number of anilines is 1. The fraction of sp³-hybridized carbons (Fsp3) is 0.278. The highest BCUT2D eigenvalue weighted by Crippen LogP contribution is 2.35. The van der Waals surface area contributed by atoms with Crippen molar-refractivity contribution >= 4 is 33.0 Å². The van der Waals surface area contributed by atoms with E-state index in [4.69, 9.17) is 17.3 Å². The van der Waals surface area contributed by atoms with Crippen molar-refractivity contribution in [2.45, 2.75) is 35.9 Å². The second-order valence-electron chi connectivity index (χ2n) is 6.48. The van der Waals surface area contributed by atoms with Gasteiger partial charge in [0.25, 0.3) is 5.91 Å². The van der Waals surface area contributed by atoms with E-state index in [1.165, 1.54) is 18.2 Å². The van der Waals surface area contributed by atoms with Crippen LogP contribution in [0.4, 0.5) is 18.9 Å². The third-order valence-electron chi connectivity index (χ3n) is 4.23. The molecular formula is C18H16ClF3N2O4S. The second-order valence-corrected chi connectivity index (χ2v) is 9.11. The summed E-state index contributed by atoms with van der Waals surface area (Å²) < 4.78 is 66.1. The summed E-state index contributed by atoms with van der Waals surface area (Å²) in [5.74, 6) is -1.39. The molecule has 0 unspecified atom stereocenters. The van der Waals surface area contributed by atoms with Crippen molar-refractivity contribution < 1.29 is 31.1 Å². The predicted octanol–water partition coefficient (Wildman–Crippen LogP) is 3.69. The molecule has 6 nitrogen and oxygen atoms in total. The zero-order valence-corrected chi connectivity index (χ0v) is 16.4. The Morgan fingerprint density at radius 2 is 1.90 bits per heavy atom. The summed E-state index contributed by atoms with van der Waals surface area (Å²) in [7, 11) is -3.54. The molecule has 1 amide bonds. The van der Waals surface area contributed by atoms with Crippen LogP contribution in [0.15, 0.2) is 41.3 Å². The van der Waals surface area contributed by atoms with E-state index in [0.717, 1.165) is 18.2 Å². The lowest BCUT2D eigenvalue weighted by molar-refractivity contribution is -0.274. The number of sulfone groups is 1. The van der Waals surface area contributed by atoms with Crippen LogP contribution in [-0.2, 0) is 16.4 Å². The van der Waals surface area contributed by atoms with Crippen LogP contribution in [0, 0.1) is 0 Å². The largest absolute Gasteiger partial charge is 0.573 e. The summed E-state index contributed by atoms with van der Waals surface area (Å²) >= 11 is 5.95. The number of amides is 1. The Hall–Kier alpha value is -2.46. The number of alkyl halides is 3. The molecule has 1 aliphatic rings. The van der Waals surface area contributed by atoms with Gasteiger partial charge in [-0.15, -0.1) is 13.2 Å². The van der Waals surface area contributed by atoms with Gasteiger partial charge >= 0.3 is 6.36 Å². The molecule has 1 saturated carbocycles. The smallest absolute Gasteiger partial charge is 0.406 e. The van der Waals surface area contributed by atoms with E-state index in [2.05, 4.69) is 10.1 Å². The number of carbonyl (C=O) groups excluding carboxylic acids is 1. The summed E-state index contributed by atoms with van der Waals surface area (Å²) in [4.78, 5) is 12.5. The lowest BCUT2D eigenvalue weighted by atomic mass is 10.1. The Morgan fingerprint density at radius 3 is 2.52 bits per heavy atom. The summed E-state index contributed by atoms with van der Waals surface area (Å²) in [5, 5.41) is 2.29. The Kier molecular flexibility index (Phi) is 5.68. The molecule has 156 valence electrons. The Balaban J connectivity index is 1.81. The van der Waals surface area contributed by atoms with Gasteiger partial charge in [-0.05, 0) is 54.8 Å². The minimum absolute atomic E-state index is 0.0612. The van der Waals surface area contributed by atoms with Crippen LogP contribution >= 0.6 is 11.6 Å². The molecule has 1 fully saturated rings. The first-order valence-corrected chi connectivity index (χ1v) is 10.4. The Labute approximate surface area is 169 Å². The van der Waals surface area contributed by atoms with Crippen LogP contribution in [0.3, 0.4) is 0 Å². The first-order valence-electron chi connectivity index (χ1n) is 8.43. The van der Waals surface area contributed by atoms with Crippen molar-refractivity contribution in [3.05, 3.63) is 52.5 Å². The molecule has 3 N–H and O–H groups in total. The van der Waals surface area contributed by atoms with Crippen molar-refractivity contribution in [2.75, 3.05) is 5.73 Å². The van der Waals surface area contributed by atoms with Gasteiger partial charge in [0, 0.05) is 17.3 Å². The van der Waals surface area contributed by atoms with Crippen LogP contribution in [0.5, 0.6) is 5.75 Å². The standard InChI is InChI=1S/C18H16ClF3N2O4S/c19-11-1-6-16(29(26,27)13-3-4-13)10(7-11)9-24-17(25)14-8-12(2-5-15(14)23)28-18(20,21)22/h1-2,5-8,13H,3-4,9,23H2,(H,24,25). The average Bonchev–Trinajstić information content (AvgIpc) is 3.45. The first-order chi connectivity index (χ1) is 13.5. The van der Waals surface area contributed by atoms with E-state index < -0.39 is 33.1 Å². The lowest BCUT2D eigenvalue weighted by Crippen LogP contribution is -2.25. The van der Waals surface area contributed by atoms with Gasteiger partial charge in [-0.2, -0.15) is 0 Å². The maximum Gasteiger partial charge on any atom is 0.573 e. The van der Waals surface area contributed by atoms with Crippen LogP contribution in [0.2, 0.25) is 5.02 Å². The fourth-order valence-electron chi connectivity index (χ4n) is 2.72. The third-order valence-corrected chi connectivity index (χ3v) is 6.83. The molecule has 3 rings (SSSR count). The van der Waals surface area contributed by atoms with Crippen molar-refractivity contribution in [1.82, 2.24) is 5.32 Å². The minimum atomic E-state index is -4.92.